The first-order valence-corrected chi connectivity index (χ1v) is 11.2. The molecule has 3 heterocycles. The van der Waals surface area contributed by atoms with E-state index in [1.807, 2.05) is 25.1 Å². The normalized spacial score (nSPS) is 13.9. The summed E-state index contributed by atoms with van der Waals surface area (Å²) in [5.74, 6) is 0.583. The Morgan fingerprint density at radius 2 is 1.75 bits per heavy atom. The molecule has 3 amide bonds. The van der Waals surface area contributed by atoms with Crippen LogP contribution >= 0.6 is 0 Å². The molecule has 1 fully saturated rings. The molecule has 10 nitrogen and oxygen atoms in total. The number of carbonyl (C=O) groups is 2. The Hall–Kier alpha value is -4.29. The van der Waals surface area contributed by atoms with Gasteiger partial charge in [0.2, 0.25) is 5.82 Å². The molecule has 0 unspecified atom stereocenters. The summed E-state index contributed by atoms with van der Waals surface area (Å²) < 4.78 is 42.3. The highest BCUT2D eigenvalue weighted by Crippen LogP contribution is 2.24. The smallest absolute Gasteiger partial charge is 0.406 e. The average molecular weight is 503 g/mol. The van der Waals surface area contributed by atoms with E-state index < -0.39 is 18.1 Å². The van der Waals surface area contributed by atoms with E-state index in [0.717, 1.165) is 18.0 Å². The third kappa shape index (κ3) is 6.23. The highest BCUT2D eigenvalue weighted by Gasteiger charge is 2.31. The van der Waals surface area contributed by atoms with Crippen molar-refractivity contribution >= 4 is 29.3 Å². The van der Waals surface area contributed by atoms with Crippen molar-refractivity contribution in [3.63, 3.8) is 0 Å². The van der Waals surface area contributed by atoms with Gasteiger partial charge < -0.3 is 24.4 Å². The fourth-order valence-corrected chi connectivity index (χ4v) is 3.73. The molecule has 0 saturated carbocycles. The van der Waals surface area contributed by atoms with Gasteiger partial charge in [-0.05, 0) is 43.3 Å². The first-order valence-electron chi connectivity index (χ1n) is 11.2. The number of rotatable bonds is 6. The number of aryl methyl sites for hydroxylation is 1. The van der Waals surface area contributed by atoms with E-state index in [1.165, 1.54) is 12.1 Å². The van der Waals surface area contributed by atoms with Crippen molar-refractivity contribution in [2.24, 2.45) is 0 Å². The van der Waals surface area contributed by atoms with Crippen LogP contribution in [-0.2, 0) is 6.54 Å². The second-order valence-corrected chi connectivity index (χ2v) is 7.85. The van der Waals surface area contributed by atoms with Crippen LogP contribution in [0.1, 0.15) is 17.5 Å². The van der Waals surface area contributed by atoms with Crippen molar-refractivity contribution < 1.29 is 27.5 Å². The number of alkyl halides is 3. The highest BCUT2D eigenvalue weighted by atomic mass is 19.4. The number of aromatic nitrogens is 3. The van der Waals surface area contributed by atoms with E-state index in [-0.39, 0.29) is 23.2 Å². The van der Waals surface area contributed by atoms with Gasteiger partial charge >= 0.3 is 12.4 Å². The molecule has 36 heavy (non-hydrogen) atoms. The third-order valence-corrected chi connectivity index (χ3v) is 5.44. The predicted molar refractivity (Wildman–Crippen MR) is 126 cm³/mol. The minimum atomic E-state index is -4.80. The van der Waals surface area contributed by atoms with Crippen LogP contribution in [0.2, 0.25) is 0 Å². The topological polar surface area (TPSA) is 105 Å². The maximum atomic E-state index is 13.1. The largest absolute Gasteiger partial charge is 0.573 e. The molecule has 0 bridgehead atoms. The number of urea groups is 1. The van der Waals surface area contributed by atoms with E-state index >= 15 is 0 Å². The second-order valence-electron chi connectivity index (χ2n) is 7.85. The first kappa shape index (κ1) is 24.8. The Bertz CT molecular complexity index is 1190. The molecule has 1 saturated heterocycles. The second kappa shape index (κ2) is 10.5. The molecular formula is C23H24F3N7O3. The van der Waals surface area contributed by atoms with Gasteiger partial charge in [-0.1, -0.05) is 6.07 Å². The number of imidazole rings is 1. The maximum absolute atomic E-state index is 13.1. The number of piperazine rings is 1. The summed E-state index contributed by atoms with van der Waals surface area (Å²) in [5, 5.41) is 5.04. The zero-order valence-corrected chi connectivity index (χ0v) is 19.3. The van der Waals surface area contributed by atoms with Crippen LogP contribution in [0.3, 0.4) is 0 Å². The molecule has 2 N–H and O–H groups in total. The molecule has 0 radical (unpaired) electrons. The number of benzene rings is 1. The van der Waals surface area contributed by atoms with Gasteiger partial charge in [0.05, 0.1) is 0 Å². The van der Waals surface area contributed by atoms with E-state index in [9.17, 15) is 22.8 Å². The van der Waals surface area contributed by atoms with Crippen LogP contribution in [0.5, 0.6) is 5.75 Å². The minimum absolute atomic E-state index is 0.168. The van der Waals surface area contributed by atoms with Crippen LogP contribution in [0.15, 0.2) is 54.9 Å². The lowest BCUT2D eigenvalue weighted by Gasteiger charge is -2.35. The lowest BCUT2D eigenvalue weighted by atomic mass is 10.3. The molecule has 2 aromatic heterocycles. The summed E-state index contributed by atoms with van der Waals surface area (Å²) in [6.45, 7) is 4.59. The van der Waals surface area contributed by atoms with Crippen molar-refractivity contribution in [2.75, 3.05) is 41.7 Å². The van der Waals surface area contributed by atoms with Gasteiger partial charge in [0.1, 0.15) is 11.6 Å². The quantitative estimate of drug-likeness (QED) is 0.530. The summed E-state index contributed by atoms with van der Waals surface area (Å²) in [6.07, 6.45) is -1.52. The van der Waals surface area contributed by atoms with Crippen molar-refractivity contribution in [2.45, 2.75) is 19.8 Å². The maximum Gasteiger partial charge on any atom is 0.573 e. The first-order chi connectivity index (χ1) is 17.2. The number of nitrogens with one attached hydrogen (secondary N) is 2. The van der Waals surface area contributed by atoms with Crippen molar-refractivity contribution in [3.8, 4) is 5.75 Å². The van der Waals surface area contributed by atoms with Crippen LogP contribution in [0.4, 0.5) is 35.3 Å². The summed E-state index contributed by atoms with van der Waals surface area (Å²) in [7, 11) is 0. The minimum Gasteiger partial charge on any atom is -0.406 e. The Labute approximate surface area is 204 Å². The fraction of sp³-hybridized carbons (Fsp3) is 0.304. The van der Waals surface area contributed by atoms with E-state index in [4.69, 9.17) is 0 Å². The average Bonchev–Trinajstić information content (AvgIpc) is 3.27. The van der Waals surface area contributed by atoms with E-state index in [2.05, 4.69) is 30.2 Å². The standard InChI is InChI=1S/C23H24F3N7O3/c1-2-31-15-18(30-22(35)28-16-6-8-17(9-7-16)36-23(24,25)26)29-20(31)21(34)33-13-11-32(12-14-33)19-5-3-4-10-27-19/h3-10,15H,2,11-14H2,1H3,(H2,28,30,35). The van der Waals surface area contributed by atoms with Crippen LogP contribution in [0.25, 0.3) is 0 Å². The molecule has 3 aromatic rings. The Morgan fingerprint density at radius 1 is 1.03 bits per heavy atom. The molecule has 0 atom stereocenters. The number of ether oxygens (including phenoxy) is 1. The lowest BCUT2D eigenvalue weighted by molar-refractivity contribution is -0.274. The highest BCUT2D eigenvalue weighted by molar-refractivity contribution is 6.00. The molecule has 13 heteroatoms. The number of carbonyl (C=O) groups excluding carboxylic acids is 2. The van der Waals surface area contributed by atoms with Gasteiger partial charge in [0, 0.05) is 50.8 Å². The molecule has 1 aromatic carbocycles. The van der Waals surface area contributed by atoms with Gasteiger partial charge in [-0.15, -0.1) is 13.2 Å². The number of amides is 3. The number of anilines is 3. The predicted octanol–water partition coefficient (Wildman–Crippen LogP) is 3.80. The fourth-order valence-electron chi connectivity index (χ4n) is 3.73. The zero-order valence-electron chi connectivity index (χ0n) is 19.3. The molecule has 4 rings (SSSR count). The van der Waals surface area contributed by atoms with Gasteiger partial charge in [-0.3, -0.25) is 10.1 Å². The molecule has 1 aliphatic rings. The summed E-state index contributed by atoms with van der Waals surface area (Å²) in [5.41, 5.74) is 0.249. The number of nitrogens with zero attached hydrogens (tertiary/aromatic N) is 5. The molecule has 190 valence electrons. The molecule has 0 aliphatic carbocycles. The van der Waals surface area contributed by atoms with E-state index in [0.29, 0.717) is 32.7 Å². The Kier molecular flexibility index (Phi) is 7.27. The molecule has 0 spiro atoms. The monoisotopic (exact) mass is 503 g/mol. The van der Waals surface area contributed by atoms with Crippen LogP contribution in [-0.4, -0.2) is 63.9 Å². The van der Waals surface area contributed by atoms with Crippen molar-refractivity contribution in [1.82, 2.24) is 19.4 Å². The zero-order chi connectivity index (χ0) is 25.7. The molecular weight excluding hydrogens is 479 g/mol. The molecule has 1 aliphatic heterocycles. The third-order valence-electron chi connectivity index (χ3n) is 5.44. The number of halogens is 3. The summed E-state index contributed by atoms with van der Waals surface area (Å²) in [6, 6.07) is 9.73. The Balaban J connectivity index is 1.35. The van der Waals surface area contributed by atoms with Crippen molar-refractivity contribution in [1.29, 1.82) is 0 Å². The Morgan fingerprint density at radius 3 is 2.36 bits per heavy atom. The van der Waals surface area contributed by atoms with Crippen LogP contribution < -0.4 is 20.3 Å². The van der Waals surface area contributed by atoms with Gasteiger partial charge in [0.25, 0.3) is 5.91 Å². The van der Waals surface area contributed by atoms with Crippen LogP contribution in [0, 0.1) is 0 Å². The van der Waals surface area contributed by atoms with Gasteiger partial charge in [-0.25, -0.2) is 14.8 Å². The van der Waals surface area contributed by atoms with Gasteiger partial charge in [0.15, 0.2) is 5.82 Å². The number of pyridine rings is 1. The summed E-state index contributed by atoms with van der Waals surface area (Å²) >= 11 is 0. The van der Waals surface area contributed by atoms with Crippen molar-refractivity contribution in [3.05, 3.63) is 60.7 Å². The van der Waals surface area contributed by atoms with Gasteiger partial charge in [-0.2, -0.15) is 0 Å². The van der Waals surface area contributed by atoms with E-state index in [1.54, 1.807) is 21.9 Å². The lowest BCUT2D eigenvalue weighted by Crippen LogP contribution is -2.49. The SMILES string of the molecule is CCn1cc(NC(=O)Nc2ccc(OC(F)(F)F)cc2)nc1C(=O)N1CCN(c2ccccn2)CC1. The number of hydrogen-bond acceptors (Lipinski definition) is 6. The summed E-state index contributed by atoms with van der Waals surface area (Å²) in [4.78, 5) is 38.0. The number of hydrogen-bond donors (Lipinski definition) is 2.